The molecule has 5 nitrogen and oxygen atoms in total. The van der Waals surface area contributed by atoms with E-state index in [1.807, 2.05) is 59.9 Å². The monoisotopic (exact) mass is 300 g/mol. The van der Waals surface area contributed by atoms with Gasteiger partial charge in [0.2, 0.25) is 0 Å². The lowest BCUT2D eigenvalue weighted by Crippen LogP contribution is -2.25. The van der Waals surface area contributed by atoms with E-state index in [9.17, 15) is 0 Å². The molecule has 0 atom stereocenters. The number of rotatable bonds is 6. The zero-order chi connectivity index (χ0) is 16.2. The summed E-state index contributed by atoms with van der Waals surface area (Å²) in [5, 5.41) is 12.1. The van der Waals surface area contributed by atoms with Crippen LogP contribution in [0.15, 0.2) is 46.9 Å². The van der Waals surface area contributed by atoms with E-state index in [1.54, 1.807) is 0 Å². The Labute approximate surface area is 132 Å². The zero-order valence-electron chi connectivity index (χ0n) is 14.2. The van der Waals surface area contributed by atoms with Crippen molar-refractivity contribution >= 4 is 17.3 Å². The molecule has 0 bridgehead atoms. The first-order valence-electron chi connectivity index (χ1n) is 7.68. The normalized spacial score (nSPS) is 12.0. The minimum absolute atomic E-state index is 0.305. The van der Waals surface area contributed by atoms with Gasteiger partial charge in [-0.1, -0.05) is 25.9 Å². The molecule has 0 spiro atoms. The van der Waals surface area contributed by atoms with Gasteiger partial charge in [-0.3, -0.25) is 0 Å². The van der Waals surface area contributed by atoms with Crippen molar-refractivity contribution in [1.82, 2.24) is 4.57 Å². The molecule has 5 heteroatoms. The average Bonchev–Trinajstić information content (AvgIpc) is 2.83. The van der Waals surface area contributed by atoms with Crippen molar-refractivity contribution in [2.24, 2.45) is 29.7 Å². The standard InChI is InChI=1S/C17H25N5/c1-6-17(2,3)13-18-14-7-9-15(10-8-14)19-20-16-21(4)11-12-22(16)5/h7-12H,6,13H2,1-5H3/p+1. The van der Waals surface area contributed by atoms with E-state index in [2.05, 4.69) is 36.3 Å². The molecule has 0 unspecified atom stereocenters. The number of benzene rings is 1. The van der Waals surface area contributed by atoms with Gasteiger partial charge in [-0.2, -0.15) is 0 Å². The van der Waals surface area contributed by atoms with Crippen LogP contribution < -0.4 is 9.88 Å². The first kappa shape index (κ1) is 16.2. The van der Waals surface area contributed by atoms with Crippen LogP contribution in [-0.4, -0.2) is 11.1 Å². The van der Waals surface area contributed by atoms with Gasteiger partial charge in [-0.05, 0) is 36.1 Å². The van der Waals surface area contributed by atoms with Crippen molar-refractivity contribution in [3.8, 4) is 0 Å². The zero-order valence-corrected chi connectivity index (χ0v) is 14.2. The molecule has 0 fully saturated rings. The van der Waals surface area contributed by atoms with Gasteiger partial charge >= 0.3 is 5.95 Å². The maximum absolute atomic E-state index is 4.29. The molecule has 1 aromatic heterocycles. The van der Waals surface area contributed by atoms with Crippen molar-refractivity contribution in [3.05, 3.63) is 36.7 Å². The summed E-state index contributed by atoms with van der Waals surface area (Å²) in [7, 11) is 3.91. The number of anilines is 1. The van der Waals surface area contributed by atoms with Crippen LogP contribution in [0.25, 0.3) is 0 Å². The Morgan fingerprint density at radius 1 is 1.18 bits per heavy atom. The minimum atomic E-state index is 0.305. The number of aryl methyl sites for hydroxylation is 2. The molecule has 2 aromatic rings. The molecule has 0 radical (unpaired) electrons. The summed E-state index contributed by atoms with van der Waals surface area (Å²) in [5.74, 6) is 0.812. The molecule has 22 heavy (non-hydrogen) atoms. The predicted octanol–water partition coefficient (Wildman–Crippen LogP) is 4.11. The first-order valence-corrected chi connectivity index (χ1v) is 7.68. The summed E-state index contributed by atoms with van der Waals surface area (Å²) in [5.41, 5.74) is 2.27. The molecule has 1 aromatic carbocycles. The highest BCUT2D eigenvalue weighted by molar-refractivity contribution is 5.50. The smallest absolute Gasteiger partial charge is 0.385 e. The fourth-order valence-corrected chi connectivity index (χ4v) is 1.94. The van der Waals surface area contributed by atoms with Crippen LogP contribution >= 0.6 is 0 Å². The summed E-state index contributed by atoms with van der Waals surface area (Å²) < 4.78 is 3.87. The SMILES string of the molecule is CCC(C)(C)CNc1ccc(/N=N/c2n(C)cc[n+]2C)cc1. The van der Waals surface area contributed by atoms with Gasteiger partial charge in [-0.25, -0.2) is 9.13 Å². The van der Waals surface area contributed by atoms with Crippen LogP contribution in [0.3, 0.4) is 0 Å². The maximum atomic E-state index is 4.29. The second-order valence-corrected chi connectivity index (χ2v) is 6.44. The number of aromatic nitrogens is 2. The third-order valence-corrected chi connectivity index (χ3v) is 4.00. The lowest BCUT2D eigenvalue weighted by atomic mass is 9.90. The molecule has 0 amide bonds. The molecule has 0 saturated heterocycles. The fraction of sp³-hybridized carbons (Fsp3) is 0.471. The molecular weight excluding hydrogens is 274 g/mol. The molecular formula is C17H26N5+. The number of azo groups is 1. The fourth-order valence-electron chi connectivity index (χ4n) is 1.94. The van der Waals surface area contributed by atoms with Crippen LogP contribution in [0.4, 0.5) is 17.3 Å². The average molecular weight is 300 g/mol. The Hall–Kier alpha value is -2.17. The van der Waals surface area contributed by atoms with Gasteiger partial charge in [0.1, 0.15) is 5.69 Å². The largest absolute Gasteiger partial charge is 0.421 e. The van der Waals surface area contributed by atoms with E-state index in [-0.39, 0.29) is 0 Å². The summed E-state index contributed by atoms with van der Waals surface area (Å²) in [6, 6.07) is 8.05. The predicted molar refractivity (Wildman–Crippen MR) is 89.8 cm³/mol. The summed E-state index contributed by atoms with van der Waals surface area (Å²) >= 11 is 0. The maximum Gasteiger partial charge on any atom is 0.421 e. The third-order valence-electron chi connectivity index (χ3n) is 4.00. The van der Waals surface area contributed by atoms with E-state index in [0.29, 0.717) is 5.41 Å². The van der Waals surface area contributed by atoms with Crippen molar-refractivity contribution in [1.29, 1.82) is 0 Å². The molecule has 2 rings (SSSR count). The number of nitrogens with one attached hydrogen (secondary N) is 1. The van der Waals surface area contributed by atoms with Crippen LogP contribution in [0.2, 0.25) is 0 Å². The lowest BCUT2D eigenvalue weighted by molar-refractivity contribution is -0.657. The summed E-state index contributed by atoms with van der Waals surface area (Å²) in [6.45, 7) is 7.71. The van der Waals surface area contributed by atoms with E-state index < -0.39 is 0 Å². The Morgan fingerprint density at radius 3 is 2.41 bits per heavy atom. The Kier molecular flexibility index (Phi) is 4.96. The number of nitrogens with zero attached hydrogens (tertiary/aromatic N) is 4. The van der Waals surface area contributed by atoms with Gasteiger partial charge in [-0.15, -0.1) is 0 Å². The molecule has 0 aliphatic carbocycles. The van der Waals surface area contributed by atoms with E-state index >= 15 is 0 Å². The van der Waals surface area contributed by atoms with Gasteiger partial charge < -0.3 is 5.32 Å². The highest BCUT2D eigenvalue weighted by Crippen LogP contribution is 2.22. The number of hydrogen-bond donors (Lipinski definition) is 1. The second kappa shape index (κ2) is 6.73. The number of hydrogen-bond acceptors (Lipinski definition) is 3. The Bertz CT molecular complexity index is 618. The molecule has 1 N–H and O–H groups in total. The Balaban J connectivity index is 2.00. The second-order valence-electron chi connectivity index (χ2n) is 6.44. The van der Waals surface area contributed by atoms with Crippen LogP contribution in [0.1, 0.15) is 27.2 Å². The topological polar surface area (TPSA) is 45.6 Å². The molecule has 0 saturated carbocycles. The van der Waals surface area contributed by atoms with Gasteiger partial charge in [0.15, 0.2) is 0 Å². The quantitative estimate of drug-likeness (QED) is 0.633. The minimum Gasteiger partial charge on any atom is -0.385 e. The van der Waals surface area contributed by atoms with Crippen LogP contribution in [-0.2, 0) is 14.1 Å². The van der Waals surface area contributed by atoms with E-state index in [0.717, 1.165) is 30.3 Å². The van der Waals surface area contributed by atoms with E-state index in [4.69, 9.17) is 0 Å². The lowest BCUT2D eigenvalue weighted by Gasteiger charge is -2.23. The number of imidazole rings is 1. The van der Waals surface area contributed by atoms with Gasteiger partial charge in [0, 0.05) is 17.3 Å². The van der Waals surface area contributed by atoms with Crippen molar-refractivity contribution in [2.45, 2.75) is 27.2 Å². The molecule has 1 heterocycles. The summed E-state index contributed by atoms with van der Waals surface area (Å²) in [6.07, 6.45) is 5.06. The van der Waals surface area contributed by atoms with Crippen molar-refractivity contribution in [2.75, 3.05) is 11.9 Å². The highest BCUT2D eigenvalue weighted by atomic mass is 15.3. The van der Waals surface area contributed by atoms with Crippen LogP contribution in [0.5, 0.6) is 0 Å². The van der Waals surface area contributed by atoms with Crippen LogP contribution in [0, 0.1) is 5.41 Å². The van der Waals surface area contributed by atoms with Gasteiger partial charge in [0.25, 0.3) is 0 Å². The first-order chi connectivity index (χ1) is 10.4. The molecule has 0 aliphatic heterocycles. The third kappa shape index (κ3) is 4.16. The Morgan fingerprint density at radius 2 is 1.86 bits per heavy atom. The van der Waals surface area contributed by atoms with Gasteiger partial charge in [0.05, 0.1) is 26.5 Å². The van der Waals surface area contributed by atoms with E-state index in [1.165, 1.54) is 0 Å². The molecule has 0 aliphatic rings. The molecule has 118 valence electrons. The van der Waals surface area contributed by atoms with Crippen molar-refractivity contribution < 1.29 is 4.57 Å². The highest BCUT2D eigenvalue weighted by Gasteiger charge is 2.14. The van der Waals surface area contributed by atoms with Crippen molar-refractivity contribution in [3.63, 3.8) is 0 Å². The summed E-state index contributed by atoms with van der Waals surface area (Å²) in [4.78, 5) is 0.